The lowest BCUT2D eigenvalue weighted by atomic mass is 9.98. The molecule has 0 saturated carbocycles. The van der Waals surface area contributed by atoms with Gasteiger partial charge in [-0.3, -0.25) is 9.69 Å². The van der Waals surface area contributed by atoms with E-state index in [1.54, 1.807) is 0 Å². The highest BCUT2D eigenvalue weighted by Crippen LogP contribution is 2.17. The Bertz CT molecular complexity index is 538. The van der Waals surface area contributed by atoms with Crippen LogP contribution < -0.4 is 10.2 Å². The van der Waals surface area contributed by atoms with Gasteiger partial charge in [0.25, 0.3) is 0 Å². The fourth-order valence-corrected chi connectivity index (χ4v) is 3.90. The minimum atomic E-state index is 0. The Kier molecular flexibility index (Phi) is 11.0. The van der Waals surface area contributed by atoms with Gasteiger partial charge in [0.2, 0.25) is 5.91 Å². The highest BCUT2D eigenvalue weighted by Gasteiger charge is 2.24. The lowest BCUT2D eigenvalue weighted by molar-refractivity contribution is -0.133. The standard InChI is InChI=1S/C19H31N5O.2ClH/c1-20-15-17-5-4-9-24(16-17)19(25)7-10-22-11-13-23(14-12-22)18-6-2-3-8-21-18;;/h2-3,6,8,17,20H,4-5,7,9-16H2,1H3;2*1H. The predicted molar refractivity (Wildman–Crippen MR) is 115 cm³/mol. The molecule has 0 bridgehead atoms. The molecule has 0 radical (unpaired) electrons. The number of likely N-dealkylation sites (tertiary alicyclic amines) is 1. The van der Waals surface area contributed by atoms with Crippen molar-refractivity contribution in [2.45, 2.75) is 19.3 Å². The Balaban J connectivity index is 0.00000182. The van der Waals surface area contributed by atoms with Gasteiger partial charge in [0.15, 0.2) is 0 Å². The number of piperidine rings is 1. The first-order chi connectivity index (χ1) is 12.3. The molecule has 1 N–H and O–H groups in total. The molecule has 2 saturated heterocycles. The van der Waals surface area contributed by atoms with E-state index in [2.05, 4.69) is 31.1 Å². The Morgan fingerprint density at radius 3 is 2.63 bits per heavy atom. The minimum absolute atomic E-state index is 0. The third kappa shape index (κ3) is 7.11. The maximum absolute atomic E-state index is 12.5. The van der Waals surface area contributed by atoms with Crippen LogP contribution in [-0.2, 0) is 4.79 Å². The molecule has 1 atom stereocenters. The van der Waals surface area contributed by atoms with Crippen LogP contribution in [0.1, 0.15) is 19.3 Å². The van der Waals surface area contributed by atoms with Gasteiger partial charge in [-0.25, -0.2) is 4.98 Å². The number of piperazine rings is 1. The molecule has 1 amide bonds. The molecule has 27 heavy (non-hydrogen) atoms. The highest BCUT2D eigenvalue weighted by molar-refractivity contribution is 5.85. The first kappa shape index (κ1) is 24.0. The Hall–Kier alpha value is -1.08. The average Bonchev–Trinajstić information content (AvgIpc) is 2.68. The Morgan fingerprint density at radius 2 is 1.96 bits per heavy atom. The van der Waals surface area contributed by atoms with Crippen LogP contribution in [0.2, 0.25) is 0 Å². The van der Waals surface area contributed by atoms with Crippen molar-refractivity contribution in [2.24, 2.45) is 5.92 Å². The molecule has 6 nitrogen and oxygen atoms in total. The number of carbonyl (C=O) groups is 1. The maximum Gasteiger partial charge on any atom is 0.223 e. The van der Waals surface area contributed by atoms with Crippen molar-refractivity contribution in [3.8, 4) is 0 Å². The van der Waals surface area contributed by atoms with Crippen LogP contribution in [0.25, 0.3) is 0 Å². The molecule has 8 heteroatoms. The van der Waals surface area contributed by atoms with Crippen LogP contribution in [0.4, 0.5) is 5.82 Å². The summed E-state index contributed by atoms with van der Waals surface area (Å²) in [7, 11) is 1.99. The van der Waals surface area contributed by atoms with E-state index in [0.29, 0.717) is 18.2 Å². The molecule has 1 unspecified atom stereocenters. The van der Waals surface area contributed by atoms with Crippen molar-refractivity contribution >= 4 is 36.5 Å². The molecule has 1 aromatic rings. The summed E-state index contributed by atoms with van der Waals surface area (Å²) in [6.45, 7) is 7.73. The van der Waals surface area contributed by atoms with E-state index in [4.69, 9.17) is 0 Å². The topological polar surface area (TPSA) is 51.7 Å². The van der Waals surface area contributed by atoms with Gasteiger partial charge in [-0.15, -0.1) is 24.8 Å². The zero-order valence-corrected chi connectivity index (χ0v) is 17.8. The van der Waals surface area contributed by atoms with Gasteiger partial charge < -0.3 is 15.1 Å². The molecule has 2 fully saturated rings. The number of carbonyl (C=O) groups excluding carboxylic acids is 1. The lowest BCUT2D eigenvalue weighted by Crippen LogP contribution is -2.48. The van der Waals surface area contributed by atoms with E-state index in [0.717, 1.165) is 64.6 Å². The van der Waals surface area contributed by atoms with E-state index in [-0.39, 0.29) is 24.8 Å². The Labute approximate surface area is 175 Å². The van der Waals surface area contributed by atoms with Crippen LogP contribution in [-0.4, -0.2) is 80.1 Å². The summed E-state index contributed by atoms with van der Waals surface area (Å²) in [5.74, 6) is 2.00. The van der Waals surface area contributed by atoms with Crippen molar-refractivity contribution in [3.05, 3.63) is 24.4 Å². The number of hydrogen-bond donors (Lipinski definition) is 1. The summed E-state index contributed by atoms with van der Waals surface area (Å²) in [4.78, 5) is 23.8. The summed E-state index contributed by atoms with van der Waals surface area (Å²) in [5, 5.41) is 3.24. The number of nitrogens with one attached hydrogen (secondary N) is 1. The molecule has 2 aliphatic rings. The second kappa shape index (κ2) is 12.4. The number of pyridine rings is 1. The Morgan fingerprint density at radius 1 is 1.19 bits per heavy atom. The zero-order valence-electron chi connectivity index (χ0n) is 16.2. The zero-order chi connectivity index (χ0) is 17.5. The summed E-state index contributed by atoms with van der Waals surface area (Å²) in [6.07, 6.45) is 4.87. The van der Waals surface area contributed by atoms with Gasteiger partial charge in [0, 0.05) is 58.4 Å². The van der Waals surface area contributed by atoms with Crippen molar-refractivity contribution in [1.29, 1.82) is 0 Å². The van der Waals surface area contributed by atoms with Crippen LogP contribution in [0, 0.1) is 5.92 Å². The van der Waals surface area contributed by atoms with E-state index in [1.165, 1.54) is 6.42 Å². The molecule has 0 aliphatic carbocycles. The van der Waals surface area contributed by atoms with E-state index in [1.807, 2.05) is 25.4 Å². The third-order valence-corrected chi connectivity index (χ3v) is 5.35. The minimum Gasteiger partial charge on any atom is -0.354 e. The molecular weight excluding hydrogens is 385 g/mol. The quantitative estimate of drug-likeness (QED) is 0.765. The van der Waals surface area contributed by atoms with E-state index >= 15 is 0 Å². The smallest absolute Gasteiger partial charge is 0.223 e. The molecule has 0 spiro atoms. The van der Waals surface area contributed by atoms with Crippen molar-refractivity contribution in [2.75, 3.05) is 64.3 Å². The van der Waals surface area contributed by atoms with Crippen LogP contribution >= 0.6 is 24.8 Å². The predicted octanol–water partition coefficient (Wildman–Crippen LogP) is 1.90. The number of hydrogen-bond acceptors (Lipinski definition) is 5. The lowest BCUT2D eigenvalue weighted by Gasteiger charge is -2.36. The van der Waals surface area contributed by atoms with E-state index < -0.39 is 0 Å². The van der Waals surface area contributed by atoms with Gasteiger partial charge in [-0.1, -0.05) is 6.07 Å². The monoisotopic (exact) mass is 417 g/mol. The summed E-state index contributed by atoms with van der Waals surface area (Å²) >= 11 is 0. The van der Waals surface area contributed by atoms with Crippen LogP contribution in [0.3, 0.4) is 0 Å². The summed E-state index contributed by atoms with van der Waals surface area (Å²) in [5.41, 5.74) is 0. The summed E-state index contributed by atoms with van der Waals surface area (Å²) in [6, 6.07) is 6.05. The molecule has 1 aromatic heterocycles. The first-order valence-electron chi connectivity index (χ1n) is 9.57. The largest absolute Gasteiger partial charge is 0.354 e. The number of anilines is 1. The molecule has 154 valence electrons. The van der Waals surface area contributed by atoms with Crippen LogP contribution in [0.15, 0.2) is 24.4 Å². The van der Waals surface area contributed by atoms with Gasteiger partial charge in [0.05, 0.1) is 0 Å². The second-order valence-electron chi connectivity index (χ2n) is 7.17. The number of amides is 1. The maximum atomic E-state index is 12.5. The number of nitrogens with zero attached hydrogens (tertiary/aromatic N) is 4. The summed E-state index contributed by atoms with van der Waals surface area (Å²) < 4.78 is 0. The fraction of sp³-hybridized carbons (Fsp3) is 0.684. The number of rotatable bonds is 6. The molecule has 3 rings (SSSR count). The van der Waals surface area contributed by atoms with Gasteiger partial charge in [0.1, 0.15) is 5.82 Å². The van der Waals surface area contributed by atoms with Crippen LogP contribution in [0.5, 0.6) is 0 Å². The van der Waals surface area contributed by atoms with Crippen molar-refractivity contribution in [1.82, 2.24) is 20.1 Å². The van der Waals surface area contributed by atoms with Crippen molar-refractivity contribution in [3.63, 3.8) is 0 Å². The molecule has 2 aliphatic heterocycles. The number of halogens is 2. The third-order valence-electron chi connectivity index (χ3n) is 5.35. The molecule has 0 aromatic carbocycles. The SMILES string of the molecule is CNCC1CCCN(C(=O)CCN2CCN(c3ccccn3)CC2)C1.Cl.Cl. The van der Waals surface area contributed by atoms with Gasteiger partial charge >= 0.3 is 0 Å². The van der Waals surface area contributed by atoms with Crippen molar-refractivity contribution < 1.29 is 4.79 Å². The molecular formula is C19H33Cl2N5O. The second-order valence-corrected chi connectivity index (χ2v) is 7.17. The molecule has 3 heterocycles. The normalized spacial score (nSPS) is 20.6. The highest BCUT2D eigenvalue weighted by atomic mass is 35.5. The van der Waals surface area contributed by atoms with Gasteiger partial charge in [-0.2, -0.15) is 0 Å². The van der Waals surface area contributed by atoms with E-state index in [9.17, 15) is 4.79 Å². The van der Waals surface area contributed by atoms with Gasteiger partial charge in [-0.05, 0) is 44.5 Å². The fourth-order valence-electron chi connectivity index (χ4n) is 3.90. The number of aromatic nitrogens is 1. The average molecular weight is 418 g/mol. The first-order valence-corrected chi connectivity index (χ1v) is 9.57.